The molecule has 0 radical (unpaired) electrons. The first-order valence-electron chi connectivity index (χ1n) is 10.1. The van der Waals surface area contributed by atoms with Gasteiger partial charge >= 0.3 is 0 Å². The van der Waals surface area contributed by atoms with Crippen LogP contribution in [0.2, 0.25) is 0 Å². The first-order chi connectivity index (χ1) is 12.7. The Kier molecular flexibility index (Phi) is 7.30. The van der Waals surface area contributed by atoms with Crippen molar-refractivity contribution in [3.05, 3.63) is 40.4 Å². The van der Waals surface area contributed by atoms with Crippen molar-refractivity contribution in [1.29, 1.82) is 0 Å². The second-order valence-corrected chi connectivity index (χ2v) is 7.30. The second kappa shape index (κ2) is 9.24. The first-order valence-corrected chi connectivity index (χ1v) is 10.1. The summed E-state index contributed by atoms with van der Waals surface area (Å²) < 4.78 is 2.24. The Bertz CT molecular complexity index is 647. The standard InChI is InChI=1S/C19H28N4O.C2H6/c1-4-6-16(5-2)19(11-12-19)18-22-21-17(23(18)3)15-9-7-14(8-10-15)13-20-24;1-2/h4-6,14-15H,7-13H2,1-3H3;1-2H3/b6-4-,16-5+;. The topological polar surface area (TPSA) is 60.1 Å². The number of rotatable bonds is 6. The quantitative estimate of drug-likeness (QED) is 0.503. The van der Waals surface area contributed by atoms with Crippen LogP contribution in [-0.4, -0.2) is 21.3 Å². The molecule has 5 heteroatoms. The van der Waals surface area contributed by atoms with Crippen LogP contribution in [0.4, 0.5) is 0 Å². The van der Waals surface area contributed by atoms with Crippen molar-refractivity contribution in [3.63, 3.8) is 0 Å². The molecule has 3 rings (SSSR count). The van der Waals surface area contributed by atoms with Gasteiger partial charge in [0, 0.05) is 13.0 Å². The molecule has 1 heterocycles. The average Bonchev–Trinajstić information content (AvgIpc) is 3.38. The van der Waals surface area contributed by atoms with Gasteiger partial charge in [-0.3, -0.25) is 0 Å². The molecule has 2 aliphatic rings. The van der Waals surface area contributed by atoms with Crippen molar-refractivity contribution in [3.8, 4) is 0 Å². The fraction of sp³-hybridized carbons (Fsp3) is 0.714. The predicted molar refractivity (Wildman–Crippen MR) is 107 cm³/mol. The maximum atomic E-state index is 10.5. The monoisotopic (exact) mass is 358 g/mol. The van der Waals surface area contributed by atoms with Crippen LogP contribution in [-0.2, 0) is 12.5 Å². The Morgan fingerprint density at radius 3 is 2.35 bits per heavy atom. The molecule has 1 aromatic heterocycles. The van der Waals surface area contributed by atoms with Crippen molar-refractivity contribution in [2.45, 2.75) is 77.6 Å². The Morgan fingerprint density at radius 2 is 1.85 bits per heavy atom. The minimum Gasteiger partial charge on any atom is -0.317 e. The lowest BCUT2D eigenvalue weighted by molar-refractivity contribution is 0.321. The van der Waals surface area contributed by atoms with Gasteiger partial charge in [-0.15, -0.1) is 10.2 Å². The molecule has 26 heavy (non-hydrogen) atoms. The van der Waals surface area contributed by atoms with E-state index in [4.69, 9.17) is 0 Å². The molecule has 0 saturated heterocycles. The van der Waals surface area contributed by atoms with E-state index in [2.05, 4.69) is 59.1 Å². The van der Waals surface area contributed by atoms with Gasteiger partial charge in [-0.2, -0.15) is 4.91 Å². The number of nitroso groups, excluding NO2 is 1. The SMILES string of the molecule is C/C=C\C(=C/C)C1(c2nnc(C3CCC(CN=O)CC3)n2C)CC1.CC. The van der Waals surface area contributed by atoms with Crippen molar-refractivity contribution < 1.29 is 0 Å². The van der Waals surface area contributed by atoms with E-state index in [9.17, 15) is 4.91 Å². The zero-order valence-corrected chi connectivity index (χ0v) is 17.0. The molecule has 0 aromatic carbocycles. The van der Waals surface area contributed by atoms with Crippen LogP contribution in [0, 0.1) is 10.8 Å². The van der Waals surface area contributed by atoms with Gasteiger partial charge in [0.25, 0.3) is 0 Å². The molecule has 0 bridgehead atoms. The molecule has 0 aliphatic heterocycles. The largest absolute Gasteiger partial charge is 0.317 e. The highest BCUT2D eigenvalue weighted by molar-refractivity contribution is 5.42. The smallest absolute Gasteiger partial charge is 0.143 e. The van der Waals surface area contributed by atoms with Crippen LogP contribution in [0.5, 0.6) is 0 Å². The van der Waals surface area contributed by atoms with Crippen molar-refractivity contribution in [2.24, 2.45) is 18.1 Å². The lowest BCUT2D eigenvalue weighted by Gasteiger charge is -2.26. The Labute approximate surface area is 158 Å². The molecule has 5 nitrogen and oxygen atoms in total. The van der Waals surface area contributed by atoms with E-state index in [0.717, 1.165) is 50.2 Å². The van der Waals surface area contributed by atoms with Gasteiger partial charge in [0.2, 0.25) is 0 Å². The third kappa shape index (κ3) is 3.97. The van der Waals surface area contributed by atoms with Crippen molar-refractivity contribution >= 4 is 0 Å². The Morgan fingerprint density at radius 1 is 1.19 bits per heavy atom. The summed E-state index contributed by atoms with van der Waals surface area (Å²) in [7, 11) is 2.12. The number of nitrogens with zero attached hydrogens (tertiary/aromatic N) is 4. The molecular formula is C21H34N4O. The summed E-state index contributed by atoms with van der Waals surface area (Å²) in [5.74, 6) is 3.15. The molecule has 144 valence electrons. The van der Waals surface area contributed by atoms with E-state index in [1.165, 1.54) is 5.57 Å². The minimum atomic E-state index is 0.0693. The van der Waals surface area contributed by atoms with Crippen LogP contribution >= 0.6 is 0 Å². The molecular weight excluding hydrogens is 324 g/mol. The maximum Gasteiger partial charge on any atom is 0.143 e. The second-order valence-electron chi connectivity index (χ2n) is 7.30. The Hall–Kier alpha value is -1.78. The van der Waals surface area contributed by atoms with Crippen LogP contribution in [0.25, 0.3) is 0 Å². The van der Waals surface area contributed by atoms with Gasteiger partial charge < -0.3 is 4.57 Å². The molecule has 0 spiro atoms. The zero-order valence-electron chi connectivity index (χ0n) is 17.0. The molecule has 1 aromatic rings. The van der Waals surface area contributed by atoms with Gasteiger partial charge in [0.05, 0.1) is 12.0 Å². The van der Waals surface area contributed by atoms with Crippen molar-refractivity contribution in [2.75, 3.05) is 6.54 Å². The molecule has 0 unspecified atom stereocenters. The summed E-state index contributed by atoms with van der Waals surface area (Å²) >= 11 is 0. The van der Waals surface area contributed by atoms with E-state index >= 15 is 0 Å². The summed E-state index contributed by atoms with van der Waals surface area (Å²) in [4.78, 5) is 10.5. The summed E-state index contributed by atoms with van der Waals surface area (Å²) in [6.07, 6.45) is 13.1. The fourth-order valence-corrected chi connectivity index (χ4v) is 4.30. The van der Waals surface area contributed by atoms with Crippen LogP contribution in [0.15, 0.2) is 29.0 Å². The van der Waals surface area contributed by atoms with E-state index in [0.29, 0.717) is 18.4 Å². The summed E-state index contributed by atoms with van der Waals surface area (Å²) in [6.45, 7) is 8.64. The highest BCUT2D eigenvalue weighted by atomic mass is 16.3. The summed E-state index contributed by atoms with van der Waals surface area (Å²) in [6, 6.07) is 0. The molecule has 2 fully saturated rings. The molecule has 0 N–H and O–H groups in total. The van der Waals surface area contributed by atoms with E-state index in [-0.39, 0.29) is 5.41 Å². The minimum absolute atomic E-state index is 0.0693. The molecule has 0 amide bonds. The average molecular weight is 359 g/mol. The lowest BCUT2D eigenvalue weighted by Crippen LogP contribution is -2.20. The maximum absolute atomic E-state index is 10.5. The Balaban J connectivity index is 0.00000117. The zero-order chi connectivity index (χ0) is 19.2. The van der Waals surface area contributed by atoms with E-state index < -0.39 is 0 Å². The van der Waals surface area contributed by atoms with Gasteiger partial charge in [-0.1, -0.05) is 37.3 Å². The van der Waals surface area contributed by atoms with Gasteiger partial charge in [-0.25, -0.2) is 0 Å². The highest BCUT2D eigenvalue weighted by Gasteiger charge is 2.50. The third-order valence-corrected chi connectivity index (χ3v) is 5.84. The van der Waals surface area contributed by atoms with Crippen LogP contribution in [0.1, 0.15) is 83.8 Å². The summed E-state index contributed by atoms with van der Waals surface area (Å²) in [5.41, 5.74) is 1.42. The summed E-state index contributed by atoms with van der Waals surface area (Å²) in [5, 5.41) is 12.2. The molecule has 0 atom stereocenters. The van der Waals surface area contributed by atoms with Crippen LogP contribution in [0.3, 0.4) is 0 Å². The van der Waals surface area contributed by atoms with Crippen molar-refractivity contribution in [1.82, 2.24) is 14.8 Å². The van der Waals surface area contributed by atoms with E-state index in [1.54, 1.807) is 0 Å². The normalized spacial score (nSPS) is 24.9. The van der Waals surface area contributed by atoms with Gasteiger partial charge in [0.15, 0.2) is 0 Å². The predicted octanol–water partition coefficient (Wildman–Crippen LogP) is 5.44. The van der Waals surface area contributed by atoms with E-state index in [1.807, 2.05) is 13.8 Å². The van der Waals surface area contributed by atoms with Gasteiger partial charge in [-0.05, 0) is 63.9 Å². The van der Waals surface area contributed by atoms with Gasteiger partial charge in [0.1, 0.15) is 11.6 Å². The lowest BCUT2D eigenvalue weighted by atomic mass is 9.81. The molecule has 2 aliphatic carbocycles. The van der Waals surface area contributed by atoms with Crippen LogP contribution < -0.4 is 0 Å². The number of hydrogen-bond acceptors (Lipinski definition) is 4. The first kappa shape index (κ1) is 20.5. The number of aromatic nitrogens is 3. The number of allylic oxidation sites excluding steroid dienone is 4. The molecule has 2 saturated carbocycles. The highest BCUT2D eigenvalue weighted by Crippen LogP contribution is 2.53. The third-order valence-electron chi connectivity index (χ3n) is 5.84. The fourth-order valence-electron chi connectivity index (χ4n) is 4.30. The number of hydrogen-bond donors (Lipinski definition) is 0.